The summed E-state index contributed by atoms with van der Waals surface area (Å²) < 4.78 is 5.09. The maximum Gasteiger partial charge on any atom is 0.118 e. The zero-order valence-electron chi connectivity index (χ0n) is 9.14. The smallest absolute Gasteiger partial charge is 0.118 e. The van der Waals surface area contributed by atoms with Crippen LogP contribution in [0, 0.1) is 0 Å². The summed E-state index contributed by atoms with van der Waals surface area (Å²) >= 11 is 0. The van der Waals surface area contributed by atoms with Crippen molar-refractivity contribution in [2.75, 3.05) is 7.11 Å². The Hall–Kier alpha value is -1.96. The first-order valence-electron chi connectivity index (χ1n) is 5.17. The molecule has 0 aliphatic rings. The van der Waals surface area contributed by atoms with Crippen molar-refractivity contribution in [3.05, 3.63) is 59.7 Å². The molecule has 0 aliphatic carbocycles. The molecule has 2 aromatic rings. The van der Waals surface area contributed by atoms with E-state index in [2.05, 4.69) is 0 Å². The van der Waals surface area contributed by atoms with Crippen molar-refractivity contribution < 1.29 is 9.84 Å². The van der Waals surface area contributed by atoms with Crippen LogP contribution in [-0.2, 0) is 6.42 Å². The fraction of sp³-hybridized carbons (Fsp3) is 0.143. The van der Waals surface area contributed by atoms with E-state index in [1.54, 1.807) is 19.2 Å². The second-order valence-electron chi connectivity index (χ2n) is 3.67. The van der Waals surface area contributed by atoms with Crippen molar-refractivity contribution in [1.29, 1.82) is 0 Å². The lowest BCUT2D eigenvalue weighted by molar-refractivity contribution is -0.268. The molecular formula is C14H13O2-. The van der Waals surface area contributed by atoms with E-state index in [9.17, 15) is 5.11 Å². The highest BCUT2D eigenvalue weighted by Gasteiger charge is 1.96. The average molecular weight is 213 g/mol. The predicted molar refractivity (Wildman–Crippen MR) is 61.7 cm³/mol. The molecule has 0 bridgehead atoms. The summed E-state index contributed by atoms with van der Waals surface area (Å²) in [6.45, 7) is 0. The van der Waals surface area contributed by atoms with E-state index < -0.39 is 0 Å². The molecular weight excluding hydrogens is 200 g/mol. The summed E-state index contributed by atoms with van der Waals surface area (Å²) in [6, 6.07) is 14.9. The number of benzene rings is 2. The van der Waals surface area contributed by atoms with Gasteiger partial charge in [0.15, 0.2) is 0 Å². The largest absolute Gasteiger partial charge is 0.872 e. The number of methoxy groups -OCH3 is 1. The molecule has 82 valence electrons. The van der Waals surface area contributed by atoms with Crippen LogP contribution < -0.4 is 9.84 Å². The van der Waals surface area contributed by atoms with Gasteiger partial charge in [-0.1, -0.05) is 36.4 Å². The number of rotatable bonds is 3. The lowest BCUT2D eigenvalue weighted by atomic mass is 10.1. The third-order valence-corrected chi connectivity index (χ3v) is 2.49. The van der Waals surface area contributed by atoms with Gasteiger partial charge in [0, 0.05) is 0 Å². The van der Waals surface area contributed by atoms with Crippen LogP contribution in [0.25, 0.3) is 0 Å². The Morgan fingerprint density at radius 3 is 1.88 bits per heavy atom. The van der Waals surface area contributed by atoms with Crippen LogP contribution in [0.1, 0.15) is 11.1 Å². The highest BCUT2D eigenvalue weighted by molar-refractivity contribution is 5.33. The maximum atomic E-state index is 10.9. The molecule has 0 heterocycles. The summed E-state index contributed by atoms with van der Waals surface area (Å²) in [5.41, 5.74) is 2.35. The highest BCUT2D eigenvalue weighted by atomic mass is 16.5. The van der Waals surface area contributed by atoms with Gasteiger partial charge < -0.3 is 9.84 Å². The Morgan fingerprint density at radius 1 is 0.875 bits per heavy atom. The third-order valence-electron chi connectivity index (χ3n) is 2.49. The topological polar surface area (TPSA) is 32.3 Å². The van der Waals surface area contributed by atoms with Crippen LogP contribution in [0.2, 0.25) is 0 Å². The van der Waals surface area contributed by atoms with E-state index in [-0.39, 0.29) is 5.75 Å². The Bertz CT molecular complexity index is 443. The number of ether oxygens (including phenoxy) is 1. The lowest BCUT2D eigenvalue weighted by Crippen LogP contribution is -1.91. The van der Waals surface area contributed by atoms with Gasteiger partial charge in [-0.2, -0.15) is 0 Å². The third kappa shape index (κ3) is 2.54. The highest BCUT2D eigenvalue weighted by Crippen LogP contribution is 2.15. The second-order valence-corrected chi connectivity index (χ2v) is 3.67. The molecule has 0 fully saturated rings. The van der Waals surface area contributed by atoms with Crippen molar-refractivity contribution in [1.82, 2.24) is 0 Å². The first-order chi connectivity index (χ1) is 7.78. The summed E-state index contributed by atoms with van der Waals surface area (Å²) in [7, 11) is 1.65. The molecule has 0 amide bonds. The van der Waals surface area contributed by atoms with Crippen LogP contribution in [0.3, 0.4) is 0 Å². The Morgan fingerprint density at radius 2 is 1.38 bits per heavy atom. The summed E-state index contributed by atoms with van der Waals surface area (Å²) in [4.78, 5) is 0. The first kappa shape index (κ1) is 10.6. The summed E-state index contributed by atoms with van der Waals surface area (Å²) in [6.07, 6.45) is 0.838. The molecule has 0 saturated carbocycles. The Kier molecular flexibility index (Phi) is 3.10. The van der Waals surface area contributed by atoms with E-state index in [0.29, 0.717) is 0 Å². The molecule has 2 rings (SSSR count). The van der Waals surface area contributed by atoms with Crippen LogP contribution in [0.15, 0.2) is 48.5 Å². The average Bonchev–Trinajstić information content (AvgIpc) is 2.33. The van der Waals surface area contributed by atoms with Crippen LogP contribution in [0.4, 0.5) is 0 Å². The Labute approximate surface area is 95.1 Å². The van der Waals surface area contributed by atoms with E-state index in [1.807, 2.05) is 36.4 Å². The van der Waals surface area contributed by atoms with Crippen molar-refractivity contribution in [3.8, 4) is 11.5 Å². The molecule has 0 radical (unpaired) electrons. The Balaban J connectivity index is 2.11. The van der Waals surface area contributed by atoms with Gasteiger partial charge in [-0.25, -0.2) is 0 Å². The van der Waals surface area contributed by atoms with Crippen molar-refractivity contribution >= 4 is 0 Å². The molecule has 0 atom stereocenters. The van der Waals surface area contributed by atoms with Crippen molar-refractivity contribution in [2.24, 2.45) is 0 Å². The minimum atomic E-state index is 0.0541. The second kappa shape index (κ2) is 4.71. The maximum absolute atomic E-state index is 10.9. The van der Waals surface area contributed by atoms with Crippen LogP contribution >= 0.6 is 0 Å². The molecule has 2 nitrogen and oxygen atoms in total. The predicted octanol–water partition coefficient (Wildman–Crippen LogP) is 2.36. The monoisotopic (exact) mass is 213 g/mol. The quantitative estimate of drug-likeness (QED) is 0.784. The van der Waals surface area contributed by atoms with Crippen LogP contribution in [-0.4, -0.2) is 7.11 Å². The summed E-state index contributed by atoms with van der Waals surface area (Å²) in [5, 5.41) is 10.9. The number of hydrogen-bond acceptors (Lipinski definition) is 2. The molecule has 0 saturated heterocycles. The minimum absolute atomic E-state index is 0.0541. The molecule has 16 heavy (non-hydrogen) atoms. The minimum Gasteiger partial charge on any atom is -0.872 e. The van der Waals surface area contributed by atoms with Gasteiger partial charge in [-0.15, -0.1) is 5.75 Å². The van der Waals surface area contributed by atoms with E-state index in [0.717, 1.165) is 17.7 Å². The zero-order valence-corrected chi connectivity index (χ0v) is 9.14. The molecule has 0 aromatic heterocycles. The van der Waals surface area contributed by atoms with Gasteiger partial charge >= 0.3 is 0 Å². The number of hydrogen-bond donors (Lipinski definition) is 0. The van der Waals surface area contributed by atoms with Gasteiger partial charge in [0.2, 0.25) is 0 Å². The molecule has 0 unspecified atom stereocenters. The molecule has 2 aromatic carbocycles. The van der Waals surface area contributed by atoms with E-state index in [1.165, 1.54) is 5.56 Å². The standard InChI is InChI=1S/C14H14O2/c1-16-14-8-4-12(5-9-14)10-11-2-6-13(15)7-3-11/h2-9,15H,10H2,1H3/p-1. The van der Waals surface area contributed by atoms with Gasteiger partial charge in [-0.3, -0.25) is 0 Å². The SMILES string of the molecule is COc1ccc(Cc2ccc([O-])cc2)cc1. The van der Waals surface area contributed by atoms with Crippen LogP contribution in [0.5, 0.6) is 11.5 Å². The molecule has 0 aliphatic heterocycles. The molecule has 0 N–H and O–H groups in total. The molecule has 2 heteroatoms. The lowest BCUT2D eigenvalue weighted by Gasteiger charge is -2.07. The van der Waals surface area contributed by atoms with Crippen molar-refractivity contribution in [2.45, 2.75) is 6.42 Å². The molecule has 0 spiro atoms. The fourth-order valence-corrected chi connectivity index (χ4v) is 1.59. The van der Waals surface area contributed by atoms with Crippen molar-refractivity contribution in [3.63, 3.8) is 0 Å². The normalized spacial score (nSPS) is 10.1. The summed E-state index contributed by atoms with van der Waals surface area (Å²) in [5.74, 6) is 0.914. The van der Waals surface area contributed by atoms with Gasteiger partial charge in [-0.05, 0) is 29.7 Å². The zero-order chi connectivity index (χ0) is 11.4. The van der Waals surface area contributed by atoms with Gasteiger partial charge in [0.05, 0.1) is 7.11 Å². The van der Waals surface area contributed by atoms with Gasteiger partial charge in [0.1, 0.15) is 5.75 Å². The van der Waals surface area contributed by atoms with Gasteiger partial charge in [0.25, 0.3) is 0 Å². The van der Waals surface area contributed by atoms with E-state index in [4.69, 9.17) is 4.74 Å². The fourth-order valence-electron chi connectivity index (χ4n) is 1.59. The first-order valence-corrected chi connectivity index (χ1v) is 5.17. The van der Waals surface area contributed by atoms with E-state index >= 15 is 0 Å².